The van der Waals surface area contributed by atoms with Gasteiger partial charge in [0.2, 0.25) is 5.76 Å². The van der Waals surface area contributed by atoms with E-state index in [-0.39, 0.29) is 5.56 Å². The van der Waals surface area contributed by atoms with E-state index in [4.69, 9.17) is 0 Å². The second-order valence-electron chi connectivity index (χ2n) is 3.72. The van der Waals surface area contributed by atoms with Gasteiger partial charge in [0.1, 0.15) is 5.56 Å². The van der Waals surface area contributed by atoms with Gasteiger partial charge in [0.25, 0.3) is 0 Å². The van der Waals surface area contributed by atoms with Crippen LogP contribution >= 0.6 is 0 Å². The Kier molecular flexibility index (Phi) is 3.07. The Bertz CT molecular complexity index is 564. The molecule has 2 rings (SSSR count). The maximum Gasteiger partial charge on any atom is 0.450 e. The van der Waals surface area contributed by atoms with Crippen molar-refractivity contribution in [2.24, 2.45) is 0 Å². The lowest BCUT2D eigenvalue weighted by Crippen LogP contribution is -2.14. The summed E-state index contributed by atoms with van der Waals surface area (Å²) in [5.74, 6) is -2.03. The van der Waals surface area contributed by atoms with Gasteiger partial charge in [-0.3, -0.25) is 0 Å². The molecule has 1 aromatic carbocycles. The first-order chi connectivity index (χ1) is 8.71. The molecule has 7 heteroatoms. The van der Waals surface area contributed by atoms with Crippen molar-refractivity contribution >= 4 is 0 Å². The molecule has 2 aromatic rings. The van der Waals surface area contributed by atoms with E-state index in [1.54, 1.807) is 6.07 Å². The Morgan fingerprint density at radius 3 is 1.84 bits per heavy atom. The molecule has 1 nitrogen and oxygen atoms in total. The largest absolute Gasteiger partial charge is 0.458 e. The van der Waals surface area contributed by atoms with Crippen LogP contribution in [0.5, 0.6) is 0 Å². The number of furan rings is 1. The second-order valence-corrected chi connectivity index (χ2v) is 3.72. The van der Waals surface area contributed by atoms with Crippen molar-refractivity contribution in [1.29, 1.82) is 0 Å². The number of benzene rings is 1. The predicted molar refractivity (Wildman–Crippen MR) is 54.1 cm³/mol. The number of rotatable bonds is 1. The highest BCUT2D eigenvalue weighted by Crippen LogP contribution is 2.46. The molecule has 0 aliphatic heterocycles. The Morgan fingerprint density at radius 2 is 1.37 bits per heavy atom. The zero-order chi connectivity index (χ0) is 14.3. The minimum Gasteiger partial charge on any atom is -0.458 e. The molecule has 19 heavy (non-hydrogen) atoms. The summed E-state index contributed by atoms with van der Waals surface area (Å²) in [4.78, 5) is 0. The van der Waals surface area contributed by atoms with Crippen LogP contribution in [-0.4, -0.2) is 0 Å². The van der Waals surface area contributed by atoms with Crippen LogP contribution in [0.15, 0.2) is 41.0 Å². The van der Waals surface area contributed by atoms with E-state index in [1.807, 2.05) is 0 Å². The third-order valence-corrected chi connectivity index (χ3v) is 2.42. The van der Waals surface area contributed by atoms with Gasteiger partial charge in [-0.1, -0.05) is 30.3 Å². The first-order valence-electron chi connectivity index (χ1n) is 5.02. The van der Waals surface area contributed by atoms with E-state index >= 15 is 0 Å². The van der Waals surface area contributed by atoms with Crippen LogP contribution in [0.2, 0.25) is 0 Å². The minimum atomic E-state index is -5.20. The third kappa shape index (κ3) is 2.59. The molecule has 0 saturated heterocycles. The molecule has 0 spiro atoms. The zero-order valence-corrected chi connectivity index (χ0v) is 9.14. The van der Waals surface area contributed by atoms with Crippen molar-refractivity contribution < 1.29 is 30.8 Å². The highest BCUT2D eigenvalue weighted by molar-refractivity contribution is 5.68. The molecule has 0 aliphatic carbocycles. The molecule has 1 aromatic heterocycles. The number of halogens is 6. The second kappa shape index (κ2) is 4.32. The van der Waals surface area contributed by atoms with Gasteiger partial charge < -0.3 is 4.42 Å². The van der Waals surface area contributed by atoms with Crippen LogP contribution < -0.4 is 0 Å². The highest BCUT2D eigenvalue weighted by atomic mass is 19.4. The van der Waals surface area contributed by atoms with Crippen molar-refractivity contribution in [2.45, 2.75) is 12.4 Å². The SMILES string of the molecule is FC(F)(F)c1occ(-c2ccccc2)c1C(F)(F)F. The third-order valence-electron chi connectivity index (χ3n) is 2.42. The van der Waals surface area contributed by atoms with Crippen LogP contribution in [0, 0.1) is 0 Å². The van der Waals surface area contributed by atoms with Crippen molar-refractivity contribution in [3.63, 3.8) is 0 Å². The summed E-state index contributed by atoms with van der Waals surface area (Å²) < 4.78 is 80.0. The molecule has 1 heterocycles. The molecular weight excluding hydrogens is 274 g/mol. The number of hydrogen-bond donors (Lipinski definition) is 0. The first-order valence-corrected chi connectivity index (χ1v) is 5.02. The fourth-order valence-electron chi connectivity index (χ4n) is 1.68. The van der Waals surface area contributed by atoms with Gasteiger partial charge in [-0.2, -0.15) is 26.3 Å². The topological polar surface area (TPSA) is 13.1 Å². The Balaban J connectivity index is 2.68. The van der Waals surface area contributed by atoms with Crippen LogP contribution in [0.3, 0.4) is 0 Å². The smallest absolute Gasteiger partial charge is 0.450 e. The lowest BCUT2D eigenvalue weighted by molar-refractivity contribution is -0.172. The van der Waals surface area contributed by atoms with Crippen molar-refractivity contribution in [3.05, 3.63) is 47.9 Å². The maximum absolute atomic E-state index is 12.8. The summed E-state index contributed by atoms with van der Waals surface area (Å²) >= 11 is 0. The standard InChI is InChI=1S/C12H6F6O/c13-11(14,15)9-8(7-4-2-1-3-5-7)6-19-10(9)12(16,17)18/h1-6H. The summed E-state index contributed by atoms with van der Waals surface area (Å²) in [6, 6.07) is 6.95. The Morgan fingerprint density at radius 1 is 0.789 bits per heavy atom. The summed E-state index contributed by atoms with van der Waals surface area (Å²) in [6.45, 7) is 0. The monoisotopic (exact) mass is 280 g/mol. The molecule has 0 atom stereocenters. The van der Waals surface area contributed by atoms with Gasteiger partial charge in [0.05, 0.1) is 6.26 Å². The zero-order valence-electron chi connectivity index (χ0n) is 9.14. The van der Waals surface area contributed by atoms with Gasteiger partial charge in [-0.15, -0.1) is 0 Å². The van der Waals surface area contributed by atoms with Crippen molar-refractivity contribution in [3.8, 4) is 11.1 Å². The van der Waals surface area contributed by atoms with Crippen LogP contribution in [0.4, 0.5) is 26.3 Å². The molecule has 0 aliphatic rings. The molecule has 0 unspecified atom stereocenters. The van der Waals surface area contributed by atoms with Crippen LogP contribution in [-0.2, 0) is 12.4 Å². The van der Waals surface area contributed by atoms with E-state index in [0.29, 0.717) is 6.26 Å². The predicted octanol–water partition coefficient (Wildman–Crippen LogP) is 4.98. The average Bonchev–Trinajstić information content (AvgIpc) is 2.74. The van der Waals surface area contributed by atoms with E-state index in [1.165, 1.54) is 24.3 Å². The van der Waals surface area contributed by atoms with Gasteiger partial charge in [0.15, 0.2) is 0 Å². The summed E-state index contributed by atoms with van der Waals surface area (Å²) in [5, 5.41) is 0. The number of hydrogen-bond acceptors (Lipinski definition) is 1. The van der Waals surface area contributed by atoms with Crippen molar-refractivity contribution in [1.82, 2.24) is 0 Å². The Labute approximate surface area is 103 Å². The molecular formula is C12H6F6O. The fraction of sp³-hybridized carbons (Fsp3) is 0.167. The van der Waals surface area contributed by atoms with E-state index in [2.05, 4.69) is 4.42 Å². The summed E-state index contributed by atoms with van der Waals surface area (Å²) in [7, 11) is 0. The highest BCUT2D eigenvalue weighted by Gasteiger charge is 2.48. The molecule has 0 amide bonds. The lowest BCUT2D eigenvalue weighted by Gasteiger charge is -2.11. The minimum absolute atomic E-state index is 0.00840. The van der Waals surface area contributed by atoms with Gasteiger partial charge >= 0.3 is 12.4 Å². The number of alkyl halides is 6. The van der Waals surface area contributed by atoms with Crippen LogP contribution in [0.1, 0.15) is 11.3 Å². The van der Waals surface area contributed by atoms with Gasteiger partial charge in [-0.25, -0.2) is 0 Å². The lowest BCUT2D eigenvalue weighted by atomic mass is 10.0. The molecule has 0 radical (unpaired) electrons. The van der Waals surface area contributed by atoms with E-state index < -0.39 is 29.2 Å². The maximum atomic E-state index is 12.8. The molecule has 102 valence electrons. The molecule has 0 N–H and O–H groups in total. The van der Waals surface area contributed by atoms with Crippen molar-refractivity contribution in [2.75, 3.05) is 0 Å². The van der Waals surface area contributed by atoms with E-state index in [0.717, 1.165) is 0 Å². The summed E-state index contributed by atoms with van der Waals surface area (Å²) in [5.41, 5.74) is -2.42. The summed E-state index contributed by atoms with van der Waals surface area (Å²) in [6.07, 6.45) is -9.87. The Hall–Kier alpha value is -1.92. The molecule has 0 fully saturated rings. The first kappa shape index (κ1) is 13.5. The van der Waals surface area contributed by atoms with Gasteiger partial charge in [0, 0.05) is 5.56 Å². The van der Waals surface area contributed by atoms with E-state index in [9.17, 15) is 26.3 Å². The fourth-order valence-corrected chi connectivity index (χ4v) is 1.68. The molecule has 0 bridgehead atoms. The van der Waals surface area contributed by atoms with Crippen LogP contribution in [0.25, 0.3) is 11.1 Å². The van der Waals surface area contributed by atoms with Gasteiger partial charge in [-0.05, 0) is 5.56 Å². The molecule has 0 saturated carbocycles. The average molecular weight is 280 g/mol. The normalized spacial score (nSPS) is 12.7. The quantitative estimate of drug-likeness (QED) is 0.671.